The average Bonchev–Trinajstić information content (AvgIpc) is 2.78. The van der Waals surface area contributed by atoms with E-state index in [1.807, 2.05) is 41.5 Å². The number of carbonyl (C=O) groups is 5. The number of carbonyl (C=O) groups excluding carboxylic acids is 5. The van der Waals surface area contributed by atoms with Crippen LogP contribution in [0.15, 0.2) is 0 Å². The summed E-state index contributed by atoms with van der Waals surface area (Å²) in [5.74, 6) is -0.386. The van der Waals surface area contributed by atoms with Gasteiger partial charge >= 0.3 is 24.1 Å². The van der Waals surface area contributed by atoms with E-state index in [0.29, 0.717) is 65.1 Å². The first kappa shape index (κ1) is 37.1. The SMILES string of the molecule is CC(C)(C)OC(=O)N1CCC(=O)CC1.CCOC(=O)CC1(O)CCN(C(=O)OC(C)(C)C)CC1.CCOC(C)=O. The number of Topliss-reactive ketones (excluding diaryl/α,β-unsaturated/α-hetero) is 1. The maximum atomic E-state index is 11.9. The zero-order chi connectivity index (χ0) is 31.1. The first-order chi connectivity index (χ1) is 18.3. The molecule has 2 aliphatic rings. The lowest BCUT2D eigenvalue weighted by Crippen LogP contribution is -2.49. The fourth-order valence-corrected chi connectivity index (χ4v) is 3.56. The summed E-state index contributed by atoms with van der Waals surface area (Å²) in [5.41, 5.74) is -2.07. The van der Waals surface area contributed by atoms with E-state index in [1.54, 1.807) is 23.6 Å². The van der Waals surface area contributed by atoms with Crippen molar-refractivity contribution in [1.29, 1.82) is 0 Å². The van der Waals surface area contributed by atoms with E-state index in [4.69, 9.17) is 14.2 Å². The van der Waals surface area contributed by atoms with E-state index in [1.165, 1.54) is 6.92 Å². The molecule has 0 radical (unpaired) electrons. The number of esters is 2. The van der Waals surface area contributed by atoms with Gasteiger partial charge in [-0.25, -0.2) is 9.59 Å². The number of hydrogen-bond donors (Lipinski definition) is 1. The fourth-order valence-electron chi connectivity index (χ4n) is 3.56. The van der Waals surface area contributed by atoms with E-state index in [-0.39, 0.29) is 30.4 Å². The number of ether oxygens (including phenoxy) is 4. The molecule has 1 N–H and O–H groups in total. The number of aliphatic hydroxyl groups is 1. The fraction of sp³-hybridized carbons (Fsp3) is 0.821. The van der Waals surface area contributed by atoms with Crippen molar-refractivity contribution >= 4 is 29.9 Å². The van der Waals surface area contributed by atoms with Crippen molar-refractivity contribution in [2.24, 2.45) is 0 Å². The molecule has 2 heterocycles. The predicted octanol–water partition coefficient (Wildman–Crippen LogP) is 3.86. The van der Waals surface area contributed by atoms with Crippen LogP contribution in [0.5, 0.6) is 0 Å². The molecular formula is C28H50N2O10. The van der Waals surface area contributed by atoms with Crippen LogP contribution in [0.2, 0.25) is 0 Å². The summed E-state index contributed by atoms with van der Waals surface area (Å²) in [6.07, 6.45) is 0.901. The molecule has 0 aromatic heterocycles. The Balaban J connectivity index is 0.000000657. The van der Waals surface area contributed by atoms with Crippen LogP contribution in [0.4, 0.5) is 9.59 Å². The van der Waals surface area contributed by atoms with Crippen LogP contribution < -0.4 is 0 Å². The minimum Gasteiger partial charge on any atom is -0.466 e. The third-order valence-electron chi connectivity index (χ3n) is 5.44. The van der Waals surface area contributed by atoms with Crippen molar-refractivity contribution in [2.45, 2.75) is 111 Å². The van der Waals surface area contributed by atoms with Gasteiger partial charge in [0.15, 0.2) is 0 Å². The van der Waals surface area contributed by atoms with E-state index in [2.05, 4.69) is 4.74 Å². The molecule has 12 nitrogen and oxygen atoms in total. The Morgan fingerprint density at radius 2 is 1.18 bits per heavy atom. The number of hydrogen-bond acceptors (Lipinski definition) is 10. The zero-order valence-electron chi connectivity index (χ0n) is 25.8. The monoisotopic (exact) mass is 574 g/mol. The summed E-state index contributed by atoms with van der Waals surface area (Å²) in [4.78, 5) is 58.7. The number of nitrogens with zero attached hydrogens (tertiary/aromatic N) is 2. The second-order valence-corrected chi connectivity index (χ2v) is 11.6. The van der Waals surface area contributed by atoms with Crippen molar-refractivity contribution < 1.29 is 48.0 Å². The standard InChI is InChI=1S/C14H25NO5.C10H17NO3.C4H8O2/c1-5-19-11(16)10-14(18)6-8-15(9-7-14)12(17)20-13(2,3)4;1-10(2,3)14-9(13)11-6-4-8(12)5-7-11;1-3-6-4(2)5/h18H,5-10H2,1-4H3;4-7H2,1-3H3;3H2,1-2H3. The van der Waals surface area contributed by atoms with Crippen molar-refractivity contribution in [3.05, 3.63) is 0 Å². The minimum absolute atomic E-state index is 0.0248. The van der Waals surface area contributed by atoms with E-state index < -0.39 is 22.8 Å². The van der Waals surface area contributed by atoms with Crippen LogP contribution in [0.3, 0.4) is 0 Å². The van der Waals surface area contributed by atoms with Crippen molar-refractivity contribution in [3.63, 3.8) is 0 Å². The predicted molar refractivity (Wildman–Crippen MR) is 148 cm³/mol. The highest BCUT2D eigenvalue weighted by molar-refractivity contribution is 5.81. The largest absolute Gasteiger partial charge is 0.466 e. The Kier molecular flexibility index (Phi) is 15.8. The van der Waals surface area contributed by atoms with Gasteiger partial charge in [-0.05, 0) is 68.2 Å². The van der Waals surface area contributed by atoms with Crippen LogP contribution in [0.1, 0.15) is 94.4 Å². The van der Waals surface area contributed by atoms with Gasteiger partial charge in [0.2, 0.25) is 0 Å². The molecule has 2 aliphatic heterocycles. The van der Waals surface area contributed by atoms with Gasteiger partial charge in [-0.15, -0.1) is 0 Å². The van der Waals surface area contributed by atoms with Gasteiger partial charge in [0, 0.05) is 45.9 Å². The van der Waals surface area contributed by atoms with Crippen molar-refractivity contribution in [3.8, 4) is 0 Å². The maximum Gasteiger partial charge on any atom is 0.410 e. The highest BCUT2D eigenvalue weighted by atomic mass is 16.6. The molecule has 0 spiro atoms. The first-order valence-corrected chi connectivity index (χ1v) is 13.8. The molecule has 0 unspecified atom stereocenters. The molecule has 2 saturated heterocycles. The van der Waals surface area contributed by atoms with Gasteiger partial charge in [0.25, 0.3) is 0 Å². The summed E-state index contributed by atoms with van der Waals surface area (Å²) in [7, 11) is 0. The average molecular weight is 575 g/mol. The topological polar surface area (TPSA) is 149 Å². The number of ketones is 1. The van der Waals surface area contributed by atoms with Gasteiger partial charge in [-0.3, -0.25) is 14.4 Å². The quantitative estimate of drug-likeness (QED) is 0.387. The number of likely N-dealkylation sites (tertiary alicyclic amines) is 2. The van der Waals surface area contributed by atoms with E-state index in [0.717, 1.165) is 0 Å². The highest BCUT2D eigenvalue weighted by Crippen LogP contribution is 2.27. The second-order valence-electron chi connectivity index (χ2n) is 11.6. The van der Waals surface area contributed by atoms with Gasteiger partial charge in [0.05, 0.1) is 25.2 Å². The Hall–Kier alpha value is -2.89. The Bertz CT molecular complexity index is 827. The molecule has 232 valence electrons. The Morgan fingerprint density at radius 3 is 1.50 bits per heavy atom. The Labute approximate surface area is 238 Å². The molecule has 2 rings (SSSR count). The lowest BCUT2D eigenvalue weighted by Gasteiger charge is -2.38. The first-order valence-electron chi connectivity index (χ1n) is 13.8. The summed E-state index contributed by atoms with van der Waals surface area (Å²) in [6.45, 7) is 18.4. The smallest absolute Gasteiger partial charge is 0.410 e. The maximum absolute atomic E-state index is 11.9. The Morgan fingerprint density at radius 1 is 0.775 bits per heavy atom. The molecule has 0 aliphatic carbocycles. The molecule has 2 amide bonds. The molecule has 0 saturated carbocycles. The minimum atomic E-state index is -1.08. The lowest BCUT2D eigenvalue weighted by atomic mass is 9.88. The van der Waals surface area contributed by atoms with Gasteiger partial charge in [-0.2, -0.15) is 0 Å². The normalized spacial score (nSPS) is 16.8. The molecule has 40 heavy (non-hydrogen) atoms. The third-order valence-corrected chi connectivity index (χ3v) is 5.44. The molecule has 0 aromatic carbocycles. The van der Waals surface area contributed by atoms with Crippen LogP contribution in [0.25, 0.3) is 0 Å². The summed E-state index contributed by atoms with van der Waals surface area (Å²) in [5, 5.41) is 10.3. The van der Waals surface area contributed by atoms with Crippen molar-refractivity contribution in [1.82, 2.24) is 9.80 Å². The number of piperidine rings is 2. The van der Waals surface area contributed by atoms with Gasteiger partial charge < -0.3 is 33.9 Å². The van der Waals surface area contributed by atoms with Gasteiger partial charge in [-0.1, -0.05) is 0 Å². The number of amides is 2. The molecule has 0 atom stereocenters. The summed E-state index contributed by atoms with van der Waals surface area (Å²) in [6, 6.07) is 0. The van der Waals surface area contributed by atoms with Crippen molar-refractivity contribution in [2.75, 3.05) is 39.4 Å². The van der Waals surface area contributed by atoms with Crippen LogP contribution >= 0.6 is 0 Å². The zero-order valence-corrected chi connectivity index (χ0v) is 25.8. The molecule has 0 aromatic rings. The van der Waals surface area contributed by atoms with Crippen LogP contribution in [-0.2, 0) is 33.3 Å². The highest BCUT2D eigenvalue weighted by Gasteiger charge is 2.37. The third kappa shape index (κ3) is 17.6. The summed E-state index contributed by atoms with van der Waals surface area (Å²) < 4.78 is 19.7. The second kappa shape index (κ2) is 17.0. The van der Waals surface area contributed by atoms with Crippen LogP contribution in [-0.4, -0.2) is 101 Å². The van der Waals surface area contributed by atoms with Crippen LogP contribution in [0, 0.1) is 0 Å². The van der Waals surface area contributed by atoms with Gasteiger partial charge in [0.1, 0.15) is 17.0 Å². The van der Waals surface area contributed by atoms with E-state index >= 15 is 0 Å². The van der Waals surface area contributed by atoms with E-state index in [9.17, 15) is 29.1 Å². The lowest BCUT2D eigenvalue weighted by molar-refractivity contribution is -0.150. The summed E-state index contributed by atoms with van der Waals surface area (Å²) >= 11 is 0. The molecule has 0 bridgehead atoms. The molecule has 12 heteroatoms. The molecular weight excluding hydrogens is 524 g/mol. The molecule has 2 fully saturated rings. The number of rotatable bonds is 4.